The lowest BCUT2D eigenvalue weighted by Gasteiger charge is -2.02. The van der Waals surface area contributed by atoms with Crippen molar-refractivity contribution in [2.24, 2.45) is 0 Å². The van der Waals surface area contributed by atoms with Crippen LogP contribution in [0.1, 0.15) is 36.5 Å². The van der Waals surface area contributed by atoms with E-state index in [9.17, 15) is 0 Å². The molecule has 0 amide bonds. The van der Waals surface area contributed by atoms with Crippen LogP contribution in [0.4, 0.5) is 0 Å². The lowest BCUT2D eigenvalue weighted by Crippen LogP contribution is -1.85. The Morgan fingerprint density at radius 3 is 2.80 bits per heavy atom. The average Bonchev–Trinajstić information content (AvgIpc) is 2.59. The highest BCUT2D eigenvalue weighted by atomic mass is 32.1. The molecule has 0 N–H and O–H groups in total. The Morgan fingerprint density at radius 1 is 1.40 bits per heavy atom. The summed E-state index contributed by atoms with van der Waals surface area (Å²) in [4.78, 5) is 5.58. The van der Waals surface area contributed by atoms with Crippen molar-refractivity contribution < 1.29 is 0 Å². The first-order valence-corrected chi connectivity index (χ1v) is 4.73. The minimum atomic E-state index is 0.854. The van der Waals surface area contributed by atoms with Crippen molar-refractivity contribution in [3.05, 3.63) is 16.6 Å². The van der Waals surface area contributed by atoms with Crippen molar-refractivity contribution in [1.29, 1.82) is 0 Å². The molecule has 0 saturated heterocycles. The number of aromatic nitrogens is 1. The molecule has 0 bridgehead atoms. The number of hydrogen-bond acceptors (Lipinski definition) is 2. The summed E-state index contributed by atoms with van der Waals surface area (Å²) in [5.74, 6) is 0.854. The highest BCUT2D eigenvalue weighted by Crippen LogP contribution is 2.35. The van der Waals surface area contributed by atoms with Crippen LogP contribution in [-0.2, 0) is 0 Å². The van der Waals surface area contributed by atoms with Crippen molar-refractivity contribution in [2.45, 2.75) is 31.6 Å². The van der Waals surface area contributed by atoms with Gasteiger partial charge in [-0.1, -0.05) is 12.8 Å². The molecular weight excluding hydrogens is 142 g/mol. The Hall–Kier alpha value is -0.370. The summed E-state index contributed by atoms with van der Waals surface area (Å²) < 4.78 is 0. The molecule has 1 aromatic rings. The smallest absolute Gasteiger partial charge is 0.0794 e. The molecule has 1 heterocycles. The normalized spacial score (nSPS) is 20.0. The Bertz CT molecular complexity index is 187. The topological polar surface area (TPSA) is 12.9 Å². The van der Waals surface area contributed by atoms with E-state index in [1.54, 1.807) is 0 Å². The van der Waals surface area contributed by atoms with E-state index in [4.69, 9.17) is 0 Å². The second kappa shape index (κ2) is 2.70. The molecule has 0 aliphatic heterocycles. The van der Waals surface area contributed by atoms with Crippen molar-refractivity contribution in [3.63, 3.8) is 0 Å². The van der Waals surface area contributed by atoms with Gasteiger partial charge in [-0.2, -0.15) is 0 Å². The molecule has 1 fully saturated rings. The summed E-state index contributed by atoms with van der Waals surface area (Å²) in [6.07, 6.45) is 7.65. The Labute approximate surface area is 65.1 Å². The summed E-state index contributed by atoms with van der Waals surface area (Å²) in [7, 11) is 0. The van der Waals surface area contributed by atoms with Crippen LogP contribution in [0.25, 0.3) is 0 Å². The molecule has 2 heteroatoms. The molecule has 1 aliphatic carbocycles. The third kappa shape index (κ3) is 1.08. The number of rotatable bonds is 1. The van der Waals surface area contributed by atoms with E-state index in [0.29, 0.717) is 0 Å². The Balaban J connectivity index is 2.12. The quantitative estimate of drug-likeness (QED) is 0.604. The molecule has 0 unspecified atom stereocenters. The molecule has 0 radical (unpaired) electrons. The maximum Gasteiger partial charge on any atom is 0.0794 e. The van der Waals surface area contributed by atoms with Gasteiger partial charge in [0.05, 0.1) is 5.51 Å². The zero-order valence-electron chi connectivity index (χ0n) is 5.92. The highest BCUT2D eigenvalue weighted by Gasteiger charge is 2.17. The molecule has 0 aromatic carbocycles. The molecule has 0 atom stereocenters. The maximum atomic E-state index is 4.09. The lowest BCUT2D eigenvalue weighted by molar-refractivity contribution is 0.736. The fourth-order valence-corrected chi connectivity index (χ4v) is 2.43. The van der Waals surface area contributed by atoms with Crippen LogP contribution in [0.5, 0.6) is 0 Å². The number of nitrogens with zero attached hydrogens (tertiary/aromatic N) is 1. The second-order valence-electron chi connectivity index (χ2n) is 2.89. The van der Waals surface area contributed by atoms with Gasteiger partial charge in [-0.3, -0.25) is 4.98 Å². The van der Waals surface area contributed by atoms with Gasteiger partial charge in [-0.25, -0.2) is 0 Å². The molecule has 2 rings (SSSR count). The molecule has 1 aromatic heterocycles. The van der Waals surface area contributed by atoms with Gasteiger partial charge in [0.2, 0.25) is 0 Å². The molecule has 1 aliphatic rings. The van der Waals surface area contributed by atoms with Crippen molar-refractivity contribution in [3.8, 4) is 0 Å². The summed E-state index contributed by atoms with van der Waals surface area (Å²) in [5.41, 5.74) is 1.94. The van der Waals surface area contributed by atoms with E-state index in [1.807, 2.05) is 23.0 Å². The van der Waals surface area contributed by atoms with Crippen LogP contribution < -0.4 is 0 Å². The van der Waals surface area contributed by atoms with E-state index >= 15 is 0 Å². The van der Waals surface area contributed by atoms with E-state index in [2.05, 4.69) is 4.98 Å². The molecule has 1 nitrogen and oxygen atoms in total. The van der Waals surface area contributed by atoms with Crippen molar-refractivity contribution >= 4 is 11.3 Å². The van der Waals surface area contributed by atoms with E-state index in [-0.39, 0.29) is 0 Å². The first kappa shape index (κ1) is 6.35. The van der Waals surface area contributed by atoms with Crippen LogP contribution in [0, 0.1) is 0 Å². The SMILES string of the molecule is c1ncc(C2CCCC2)s1. The van der Waals surface area contributed by atoms with Gasteiger partial charge < -0.3 is 0 Å². The van der Waals surface area contributed by atoms with E-state index in [0.717, 1.165) is 5.92 Å². The average molecular weight is 153 g/mol. The molecule has 0 spiro atoms. The van der Waals surface area contributed by atoms with Crippen molar-refractivity contribution in [1.82, 2.24) is 4.98 Å². The van der Waals surface area contributed by atoms with Gasteiger partial charge in [-0.05, 0) is 18.8 Å². The van der Waals surface area contributed by atoms with Crippen molar-refractivity contribution in [2.75, 3.05) is 0 Å². The zero-order valence-corrected chi connectivity index (χ0v) is 6.73. The van der Waals surface area contributed by atoms with Crippen LogP contribution >= 0.6 is 11.3 Å². The van der Waals surface area contributed by atoms with Crippen LogP contribution in [0.3, 0.4) is 0 Å². The van der Waals surface area contributed by atoms with Gasteiger partial charge in [0.15, 0.2) is 0 Å². The largest absolute Gasteiger partial charge is 0.253 e. The van der Waals surface area contributed by atoms with E-state index < -0.39 is 0 Å². The third-order valence-electron chi connectivity index (χ3n) is 2.21. The number of thiazole rings is 1. The molecule has 1 saturated carbocycles. The monoisotopic (exact) mass is 153 g/mol. The Morgan fingerprint density at radius 2 is 2.20 bits per heavy atom. The van der Waals surface area contributed by atoms with Gasteiger partial charge in [0.25, 0.3) is 0 Å². The second-order valence-corrected chi connectivity index (χ2v) is 3.80. The molecule has 54 valence electrons. The highest BCUT2D eigenvalue weighted by molar-refractivity contribution is 7.09. The fraction of sp³-hybridized carbons (Fsp3) is 0.625. The van der Waals surface area contributed by atoms with Crippen LogP contribution in [0.15, 0.2) is 11.7 Å². The summed E-state index contributed by atoms with van der Waals surface area (Å²) in [6.45, 7) is 0. The van der Waals surface area contributed by atoms with Gasteiger partial charge in [-0.15, -0.1) is 11.3 Å². The zero-order chi connectivity index (χ0) is 6.81. The predicted octanol–water partition coefficient (Wildman–Crippen LogP) is 2.80. The standard InChI is InChI=1S/C8H11NS/c1-2-4-7(3-1)8-5-9-6-10-8/h5-7H,1-4H2. The molecular formula is C8H11NS. The predicted molar refractivity (Wildman–Crippen MR) is 43.3 cm³/mol. The lowest BCUT2D eigenvalue weighted by atomic mass is 10.1. The molecule has 10 heavy (non-hydrogen) atoms. The minimum absolute atomic E-state index is 0.854. The fourth-order valence-electron chi connectivity index (χ4n) is 1.64. The maximum absolute atomic E-state index is 4.09. The van der Waals surface area contributed by atoms with Crippen LogP contribution in [0.2, 0.25) is 0 Å². The van der Waals surface area contributed by atoms with Gasteiger partial charge in [0, 0.05) is 11.1 Å². The van der Waals surface area contributed by atoms with Crippen LogP contribution in [-0.4, -0.2) is 4.98 Å². The van der Waals surface area contributed by atoms with Gasteiger partial charge in [0.1, 0.15) is 0 Å². The number of hydrogen-bond donors (Lipinski definition) is 0. The van der Waals surface area contributed by atoms with E-state index in [1.165, 1.54) is 30.6 Å². The Kier molecular flexibility index (Phi) is 1.72. The summed E-state index contributed by atoms with van der Waals surface area (Å²) in [5, 5.41) is 0. The first-order chi connectivity index (χ1) is 4.97. The third-order valence-corrected chi connectivity index (χ3v) is 3.15. The first-order valence-electron chi connectivity index (χ1n) is 3.85. The summed E-state index contributed by atoms with van der Waals surface area (Å²) in [6, 6.07) is 0. The minimum Gasteiger partial charge on any atom is -0.253 e. The summed E-state index contributed by atoms with van der Waals surface area (Å²) >= 11 is 1.81. The van der Waals surface area contributed by atoms with Gasteiger partial charge >= 0.3 is 0 Å².